The molecular formula is C15H20O8. The largest absolute Gasteiger partial charge is 0.504 e. The van der Waals surface area contributed by atoms with Gasteiger partial charge in [0.05, 0.1) is 13.2 Å². The summed E-state index contributed by atoms with van der Waals surface area (Å²) in [5.41, 5.74) is 0.623. The number of hydrogen-bond acceptors (Lipinski definition) is 8. The standard InChI is InChI=1S/C15H20O8/c16-5-1-2-8-3-4-10(9(18)6-8)22-15-14(21)13(20)12(19)11(7-17)23-15/h1-4,6,11-21H,5,7H2/t11-,12-,13+,14-,15-/m1/s1. The Hall–Kier alpha value is -1.68. The molecule has 1 fully saturated rings. The monoisotopic (exact) mass is 328 g/mol. The lowest BCUT2D eigenvalue weighted by Crippen LogP contribution is -2.60. The zero-order valence-electron chi connectivity index (χ0n) is 12.2. The van der Waals surface area contributed by atoms with Crippen LogP contribution in [0.3, 0.4) is 0 Å². The summed E-state index contributed by atoms with van der Waals surface area (Å²) in [6, 6.07) is 4.41. The average molecular weight is 328 g/mol. The molecule has 0 aliphatic carbocycles. The molecule has 1 heterocycles. The number of hydrogen-bond donors (Lipinski definition) is 6. The van der Waals surface area contributed by atoms with E-state index in [9.17, 15) is 20.4 Å². The second-order valence-electron chi connectivity index (χ2n) is 5.13. The third kappa shape index (κ3) is 3.99. The zero-order valence-corrected chi connectivity index (χ0v) is 12.2. The molecule has 1 aromatic carbocycles. The fraction of sp³-hybridized carbons (Fsp3) is 0.467. The van der Waals surface area contributed by atoms with E-state index < -0.39 is 37.3 Å². The summed E-state index contributed by atoms with van der Waals surface area (Å²) < 4.78 is 10.5. The maximum absolute atomic E-state index is 9.93. The van der Waals surface area contributed by atoms with E-state index in [1.165, 1.54) is 18.2 Å². The minimum Gasteiger partial charge on any atom is -0.504 e. The van der Waals surface area contributed by atoms with Gasteiger partial charge in [-0.3, -0.25) is 0 Å². The molecule has 0 saturated carbocycles. The van der Waals surface area contributed by atoms with Crippen molar-refractivity contribution in [3.05, 3.63) is 29.8 Å². The molecule has 2 rings (SSSR count). The molecule has 0 unspecified atom stereocenters. The predicted molar refractivity (Wildman–Crippen MR) is 78.6 cm³/mol. The summed E-state index contributed by atoms with van der Waals surface area (Å²) >= 11 is 0. The van der Waals surface area contributed by atoms with Crippen LogP contribution < -0.4 is 4.74 Å². The van der Waals surface area contributed by atoms with Crippen molar-refractivity contribution in [3.63, 3.8) is 0 Å². The number of aromatic hydroxyl groups is 1. The molecule has 0 aromatic heterocycles. The first-order valence-electron chi connectivity index (χ1n) is 7.05. The molecule has 0 spiro atoms. The van der Waals surface area contributed by atoms with E-state index in [0.717, 1.165) is 0 Å². The molecule has 8 nitrogen and oxygen atoms in total. The average Bonchev–Trinajstić information content (AvgIpc) is 2.55. The Morgan fingerprint density at radius 1 is 1.09 bits per heavy atom. The second kappa shape index (κ2) is 7.73. The highest BCUT2D eigenvalue weighted by Crippen LogP contribution is 2.31. The first-order valence-corrected chi connectivity index (χ1v) is 7.05. The van der Waals surface area contributed by atoms with Gasteiger partial charge < -0.3 is 40.1 Å². The molecule has 128 valence electrons. The summed E-state index contributed by atoms with van der Waals surface area (Å²) in [6.07, 6.45) is -3.96. The van der Waals surface area contributed by atoms with Crippen LogP contribution in [0.4, 0.5) is 0 Å². The molecule has 0 radical (unpaired) electrons. The number of phenols is 1. The molecule has 8 heteroatoms. The topological polar surface area (TPSA) is 140 Å². The van der Waals surface area contributed by atoms with E-state index in [0.29, 0.717) is 5.56 Å². The fourth-order valence-electron chi connectivity index (χ4n) is 2.22. The van der Waals surface area contributed by atoms with E-state index in [4.69, 9.17) is 19.7 Å². The molecule has 5 atom stereocenters. The van der Waals surface area contributed by atoms with Crippen LogP contribution in [0.5, 0.6) is 11.5 Å². The van der Waals surface area contributed by atoms with Crippen molar-refractivity contribution in [3.8, 4) is 11.5 Å². The van der Waals surface area contributed by atoms with Crippen molar-refractivity contribution in [1.29, 1.82) is 0 Å². The van der Waals surface area contributed by atoms with Crippen LogP contribution in [0, 0.1) is 0 Å². The van der Waals surface area contributed by atoms with Crippen LogP contribution in [0.15, 0.2) is 24.3 Å². The summed E-state index contributed by atoms with van der Waals surface area (Å²) in [7, 11) is 0. The summed E-state index contributed by atoms with van der Waals surface area (Å²) in [4.78, 5) is 0. The van der Waals surface area contributed by atoms with E-state index >= 15 is 0 Å². The molecule has 23 heavy (non-hydrogen) atoms. The summed E-state index contributed by atoms with van der Waals surface area (Å²) in [5, 5.41) is 57.0. The zero-order chi connectivity index (χ0) is 17.0. The Kier molecular flexibility index (Phi) is 5.94. The highest BCUT2D eigenvalue weighted by molar-refractivity contribution is 5.55. The van der Waals surface area contributed by atoms with Gasteiger partial charge in [0.1, 0.15) is 24.4 Å². The van der Waals surface area contributed by atoms with Crippen LogP contribution >= 0.6 is 0 Å². The van der Waals surface area contributed by atoms with Crippen LogP contribution in [0.25, 0.3) is 6.08 Å². The minimum absolute atomic E-state index is 0.00419. The number of ether oxygens (including phenoxy) is 2. The first-order chi connectivity index (χ1) is 11.0. The van der Waals surface area contributed by atoms with Gasteiger partial charge in [-0.05, 0) is 17.7 Å². The Labute approximate surface area is 132 Å². The van der Waals surface area contributed by atoms with Crippen molar-refractivity contribution in [1.82, 2.24) is 0 Å². The van der Waals surface area contributed by atoms with Crippen LogP contribution in [-0.2, 0) is 4.74 Å². The summed E-state index contributed by atoms with van der Waals surface area (Å²) in [5.74, 6) is -0.238. The van der Waals surface area contributed by atoms with Gasteiger partial charge in [0.2, 0.25) is 6.29 Å². The minimum atomic E-state index is -1.56. The third-order valence-corrected chi connectivity index (χ3v) is 3.49. The Bertz CT molecular complexity index is 544. The van der Waals surface area contributed by atoms with Gasteiger partial charge in [0.15, 0.2) is 11.5 Å². The van der Waals surface area contributed by atoms with Crippen LogP contribution in [-0.4, -0.2) is 74.6 Å². The number of aliphatic hydroxyl groups excluding tert-OH is 5. The third-order valence-electron chi connectivity index (χ3n) is 3.49. The van der Waals surface area contributed by atoms with Crippen molar-refractivity contribution < 1.29 is 40.1 Å². The lowest BCUT2D eigenvalue weighted by molar-refractivity contribution is -0.277. The number of phenolic OH excluding ortho intramolecular Hbond substituents is 1. The van der Waals surface area contributed by atoms with Crippen molar-refractivity contribution in [2.75, 3.05) is 13.2 Å². The number of benzene rings is 1. The highest BCUT2D eigenvalue weighted by Gasteiger charge is 2.44. The van der Waals surface area contributed by atoms with Gasteiger partial charge in [-0.15, -0.1) is 0 Å². The van der Waals surface area contributed by atoms with Gasteiger partial charge in [0.25, 0.3) is 0 Å². The van der Waals surface area contributed by atoms with Crippen molar-refractivity contribution >= 4 is 6.08 Å². The maximum atomic E-state index is 9.93. The van der Waals surface area contributed by atoms with E-state index in [1.807, 2.05) is 0 Å². The molecule has 1 aliphatic heterocycles. The molecular weight excluding hydrogens is 308 g/mol. The molecule has 6 N–H and O–H groups in total. The highest BCUT2D eigenvalue weighted by atomic mass is 16.7. The molecule has 1 aromatic rings. The Balaban J connectivity index is 2.13. The van der Waals surface area contributed by atoms with Gasteiger partial charge >= 0.3 is 0 Å². The number of aliphatic hydroxyl groups is 5. The Morgan fingerprint density at radius 3 is 2.43 bits per heavy atom. The van der Waals surface area contributed by atoms with E-state index in [1.54, 1.807) is 12.1 Å². The Morgan fingerprint density at radius 2 is 1.83 bits per heavy atom. The normalized spacial score (nSPS) is 31.4. The smallest absolute Gasteiger partial charge is 0.229 e. The molecule has 1 aliphatic rings. The predicted octanol–water partition coefficient (Wildman–Crippen LogP) is -1.42. The lowest BCUT2D eigenvalue weighted by Gasteiger charge is -2.39. The lowest BCUT2D eigenvalue weighted by atomic mass is 9.99. The number of rotatable bonds is 5. The molecule has 0 bridgehead atoms. The second-order valence-corrected chi connectivity index (χ2v) is 5.13. The quantitative estimate of drug-likeness (QED) is 0.387. The molecule has 0 amide bonds. The van der Waals surface area contributed by atoms with Crippen LogP contribution in [0.1, 0.15) is 5.56 Å². The van der Waals surface area contributed by atoms with Gasteiger partial charge in [-0.1, -0.05) is 18.2 Å². The van der Waals surface area contributed by atoms with Gasteiger partial charge in [0, 0.05) is 0 Å². The van der Waals surface area contributed by atoms with Gasteiger partial charge in [-0.2, -0.15) is 0 Å². The van der Waals surface area contributed by atoms with Gasteiger partial charge in [-0.25, -0.2) is 0 Å². The van der Waals surface area contributed by atoms with Crippen LogP contribution in [0.2, 0.25) is 0 Å². The van der Waals surface area contributed by atoms with Crippen molar-refractivity contribution in [2.45, 2.75) is 30.7 Å². The fourth-order valence-corrected chi connectivity index (χ4v) is 2.22. The van der Waals surface area contributed by atoms with E-state index in [2.05, 4.69) is 0 Å². The SMILES string of the molecule is OCC=Cc1ccc(O[C@@H]2O[C@H](CO)[C@@H](O)[C@H](O)[C@H]2O)c(O)c1. The summed E-state index contributed by atoms with van der Waals surface area (Å²) in [6.45, 7) is -0.703. The first kappa shape index (κ1) is 17.7. The van der Waals surface area contributed by atoms with Crippen molar-refractivity contribution in [2.24, 2.45) is 0 Å². The molecule has 1 saturated heterocycles. The maximum Gasteiger partial charge on any atom is 0.229 e. The van der Waals surface area contributed by atoms with E-state index in [-0.39, 0.29) is 18.1 Å².